The Morgan fingerprint density at radius 1 is 1.35 bits per heavy atom. The van der Waals surface area contributed by atoms with Gasteiger partial charge in [0, 0.05) is 11.4 Å². The van der Waals surface area contributed by atoms with Gasteiger partial charge < -0.3 is 10.6 Å². The van der Waals surface area contributed by atoms with Crippen LogP contribution >= 0.6 is 11.8 Å². The number of rotatable bonds is 3. The molecule has 0 saturated carbocycles. The van der Waals surface area contributed by atoms with Gasteiger partial charge in [-0.1, -0.05) is 19.1 Å². The van der Waals surface area contributed by atoms with E-state index in [-0.39, 0.29) is 5.91 Å². The van der Waals surface area contributed by atoms with Gasteiger partial charge in [0.05, 0.1) is 5.56 Å². The molecule has 1 saturated heterocycles. The van der Waals surface area contributed by atoms with Gasteiger partial charge in [-0.05, 0) is 37.1 Å². The third kappa shape index (κ3) is 2.98. The van der Waals surface area contributed by atoms with Gasteiger partial charge >= 0.3 is 0 Å². The summed E-state index contributed by atoms with van der Waals surface area (Å²) < 4.78 is 0. The topological polar surface area (TPSA) is 63.4 Å². The minimum Gasteiger partial charge on any atom is -0.368 e. The summed E-state index contributed by atoms with van der Waals surface area (Å²) in [6.45, 7) is 2.68. The van der Waals surface area contributed by atoms with Crippen LogP contribution in [0, 0.1) is 5.92 Å². The van der Waals surface area contributed by atoms with E-state index in [1.807, 2.05) is 30.5 Å². The normalized spacial score (nSPS) is 22.6. The van der Waals surface area contributed by atoms with E-state index in [0.29, 0.717) is 24.4 Å². The zero-order chi connectivity index (χ0) is 14.7. The molecule has 108 valence electrons. The SMILES string of the molecule is CSc1ccccc1C(=O)N1CC[C@H](C)C[C@H]1C(N)=O. The number of nitrogens with two attached hydrogens (primary N) is 1. The smallest absolute Gasteiger partial charge is 0.255 e. The van der Waals surface area contributed by atoms with E-state index in [4.69, 9.17) is 5.73 Å². The number of carbonyl (C=O) groups excluding carboxylic acids is 2. The summed E-state index contributed by atoms with van der Waals surface area (Å²) in [6.07, 6.45) is 3.51. The third-order valence-corrected chi connectivity index (χ3v) is 4.59. The van der Waals surface area contributed by atoms with Gasteiger partial charge in [-0.15, -0.1) is 11.8 Å². The van der Waals surface area contributed by atoms with Crippen molar-refractivity contribution in [2.24, 2.45) is 11.7 Å². The van der Waals surface area contributed by atoms with Gasteiger partial charge in [0.25, 0.3) is 5.91 Å². The largest absolute Gasteiger partial charge is 0.368 e. The number of hydrogen-bond acceptors (Lipinski definition) is 3. The van der Waals surface area contributed by atoms with Crippen LogP contribution in [-0.2, 0) is 4.79 Å². The minimum atomic E-state index is -0.485. The Labute approximate surface area is 123 Å². The van der Waals surface area contributed by atoms with Crippen LogP contribution in [0.1, 0.15) is 30.1 Å². The van der Waals surface area contributed by atoms with Gasteiger partial charge in [0.15, 0.2) is 0 Å². The number of carbonyl (C=O) groups is 2. The summed E-state index contributed by atoms with van der Waals surface area (Å²) in [6, 6.07) is 7.00. The van der Waals surface area contributed by atoms with Crippen molar-refractivity contribution in [3.8, 4) is 0 Å². The van der Waals surface area contributed by atoms with Crippen LogP contribution in [0.15, 0.2) is 29.2 Å². The second kappa shape index (κ2) is 6.31. The van der Waals surface area contributed by atoms with Crippen molar-refractivity contribution in [3.63, 3.8) is 0 Å². The lowest BCUT2D eigenvalue weighted by molar-refractivity contribution is -0.124. The zero-order valence-corrected chi connectivity index (χ0v) is 12.7. The fourth-order valence-corrected chi connectivity index (χ4v) is 3.22. The van der Waals surface area contributed by atoms with Gasteiger partial charge in [-0.2, -0.15) is 0 Å². The molecule has 1 heterocycles. The van der Waals surface area contributed by atoms with Crippen LogP contribution in [-0.4, -0.2) is 35.6 Å². The van der Waals surface area contributed by atoms with E-state index in [0.717, 1.165) is 11.3 Å². The maximum atomic E-state index is 12.7. The predicted octanol–water partition coefficient (Wildman–Crippen LogP) is 2.13. The molecule has 2 rings (SSSR count). The van der Waals surface area contributed by atoms with Crippen LogP contribution in [0.2, 0.25) is 0 Å². The predicted molar refractivity (Wildman–Crippen MR) is 80.6 cm³/mol. The summed E-state index contributed by atoms with van der Waals surface area (Å²) in [7, 11) is 0. The van der Waals surface area contributed by atoms with Crippen LogP contribution in [0.3, 0.4) is 0 Å². The molecule has 0 aromatic heterocycles. The molecule has 1 aliphatic heterocycles. The Balaban J connectivity index is 2.29. The van der Waals surface area contributed by atoms with E-state index in [9.17, 15) is 9.59 Å². The maximum Gasteiger partial charge on any atom is 0.255 e. The highest BCUT2D eigenvalue weighted by atomic mass is 32.2. The summed E-state index contributed by atoms with van der Waals surface area (Å²) >= 11 is 1.53. The first-order valence-electron chi connectivity index (χ1n) is 6.78. The number of amides is 2. The summed E-state index contributed by atoms with van der Waals surface area (Å²) in [5.74, 6) is -0.0791. The zero-order valence-electron chi connectivity index (χ0n) is 11.8. The maximum absolute atomic E-state index is 12.7. The van der Waals surface area contributed by atoms with Crippen molar-refractivity contribution in [2.75, 3.05) is 12.8 Å². The van der Waals surface area contributed by atoms with Gasteiger partial charge in [-0.25, -0.2) is 0 Å². The quantitative estimate of drug-likeness (QED) is 0.868. The van der Waals surface area contributed by atoms with E-state index < -0.39 is 11.9 Å². The van der Waals surface area contributed by atoms with Crippen LogP contribution in [0.25, 0.3) is 0 Å². The second-order valence-corrected chi connectivity index (χ2v) is 6.09. The van der Waals surface area contributed by atoms with Crippen molar-refractivity contribution < 1.29 is 9.59 Å². The van der Waals surface area contributed by atoms with Crippen LogP contribution < -0.4 is 5.73 Å². The molecule has 0 bridgehead atoms. The van der Waals surface area contributed by atoms with Crippen molar-refractivity contribution in [1.82, 2.24) is 4.90 Å². The summed E-state index contributed by atoms with van der Waals surface area (Å²) in [5, 5.41) is 0. The summed E-state index contributed by atoms with van der Waals surface area (Å²) in [4.78, 5) is 26.9. The second-order valence-electron chi connectivity index (χ2n) is 5.25. The number of likely N-dealkylation sites (tertiary alicyclic amines) is 1. The number of primary amides is 1. The average Bonchev–Trinajstić information content (AvgIpc) is 2.46. The molecule has 4 nitrogen and oxygen atoms in total. The molecule has 2 N–H and O–H groups in total. The van der Waals surface area contributed by atoms with Crippen molar-refractivity contribution >= 4 is 23.6 Å². The van der Waals surface area contributed by atoms with Gasteiger partial charge in [0.1, 0.15) is 6.04 Å². The first kappa shape index (κ1) is 14.9. The number of benzene rings is 1. The fraction of sp³-hybridized carbons (Fsp3) is 0.467. The highest BCUT2D eigenvalue weighted by Gasteiger charge is 2.34. The number of nitrogens with zero attached hydrogens (tertiary/aromatic N) is 1. The lowest BCUT2D eigenvalue weighted by atomic mass is 9.91. The first-order valence-corrected chi connectivity index (χ1v) is 8.00. The van der Waals surface area contributed by atoms with Gasteiger partial charge in [0.2, 0.25) is 5.91 Å². The van der Waals surface area contributed by atoms with Crippen LogP contribution in [0.5, 0.6) is 0 Å². The summed E-state index contributed by atoms with van der Waals surface area (Å²) in [5.41, 5.74) is 6.12. The minimum absolute atomic E-state index is 0.0920. The molecule has 20 heavy (non-hydrogen) atoms. The Morgan fingerprint density at radius 3 is 2.70 bits per heavy atom. The van der Waals surface area contributed by atoms with E-state index >= 15 is 0 Å². The van der Waals surface area contributed by atoms with E-state index in [1.54, 1.807) is 4.90 Å². The molecular weight excluding hydrogens is 272 g/mol. The number of hydrogen-bond donors (Lipinski definition) is 1. The Bertz CT molecular complexity index is 518. The van der Waals surface area contributed by atoms with E-state index in [2.05, 4.69) is 6.92 Å². The average molecular weight is 292 g/mol. The molecule has 2 atom stereocenters. The third-order valence-electron chi connectivity index (χ3n) is 3.79. The molecule has 2 amide bonds. The lowest BCUT2D eigenvalue weighted by Crippen LogP contribution is -2.52. The standard InChI is InChI=1S/C15H20N2O2S/c1-10-7-8-17(12(9-10)14(16)18)15(19)11-5-3-4-6-13(11)20-2/h3-6,10,12H,7-9H2,1-2H3,(H2,16,18)/t10-,12-/m0/s1. The van der Waals surface area contributed by atoms with E-state index in [1.165, 1.54) is 11.8 Å². The highest BCUT2D eigenvalue weighted by molar-refractivity contribution is 7.98. The molecule has 1 aromatic rings. The van der Waals surface area contributed by atoms with Crippen molar-refractivity contribution in [3.05, 3.63) is 29.8 Å². The Morgan fingerprint density at radius 2 is 2.05 bits per heavy atom. The molecule has 5 heteroatoms. The molecule has 1 aliphatic rings. The monoisotopic (exact) mass is 292 g/mol. The molecule has 0 unspecified atom stereocenters. The Hall–Kier alpha value is -1.49. The molecule has 1 fully saturated rings. The first-order chi connectivity index (χ1) is 9.54. The van der Waals surface area contributed by atoms with Crippen molar-refractivity contribution in [2.45, 2.75) is 30.7 Å². The van der Waals surface area contributed by atoms with Crippen molar-refractivity contribution in [1.29, 1.82) is 0 Å². The highest BCUT2D eigenvalue weighted by Crippen LogP contribution is 2.27. The molecule has 1 aromatic carbocycles. The molecule has 0 spiro atoms. The molecule has 0 radical (unpaired) electrons. The number of piperidine rings is 1. The van der Waals surface area contributed by atoms with Crippen LogP contribution in [0.4, 0.5) is 0 Å². The fourth-order valence-electron chi connectivity index (χ4n) is 2.63. The van der Waals surface area contributed by atoms with Gasteiger partial charge in [-0.3, -0.25) is 9.59 Å². The number of thioether (sulfide) groups is 1. The molecular formula is C15H20N2O2S. The lowest BCUT2D eigenvalue weighted by Gasteiger charge is -2.37. The Kier molecular flexibility index (Phi) is 4.70. The molecule has 0 aliphatic carbocycles.